The zero-order valence-electron chi connectivity index (χ0n) is 12.9. The monoisotopic (exact) mass is 259 g/mol. The van der Waals surface area contributed by atoms with Crippen molar-refractivity contribution in [2.24, 2.45) is 7.05 Å². The smallest absolute Gasteiger partial charge is 0.358 e. The number of rotatable bonds is 3. The highest BCUT2D eigenvalue weighted by atomic mass is 16.6. The molecule has 1 heterocycles. The molecule has 0 bridgehead atoms. The fourth-order valence-corrected chi connectivity index (χ4v) is 1.23. The first-order chi connectivity index (χ1) is 8.31. The normalized spacial score (nSPS) is 9.78. The number of aromatic nitrogens is 2. The van der Waals surface area contributed by atoms with E-state index in [9.17, 15) is 10.1 Å². The molecule has 0 spiro atoms. The maximum absolute atomic E-state index is 10.6. The quantitative estimate of drug-likeness (QED) is 0.476. The van der Waals surface area contributed by atoms with Gasteiger partial charge in [0.25, 0.3) is 0 Å². The summed E-state index contributed by atoms with van der Waals surface area (Å²) in [5.41, 5.74) is 0.655. The van der Waals surface area contributed by atoms with Crippen molar-refractivity contribution >= 4 is 5.82 Å². The van der Waals surface area contributed by atoms with E-state index in [1.54, 1.807) is 11.6 Å². The SMILES string of the molecule is CC.CC.Cn1cnc([N+](=O)[O-])c1C[N+](C)(C)C. The van der Waals surface area contributed by atoms with E-state index in [0.29, 0.717) is 16.7 Å². The first-order valence-electron chi connectivity index (χ1n) is 6.26. The van der Waals surface area contributed by atoms with Gasteiger partial charge in [-0.15, -0.1) is 0 Å². The van der Waals surface area contributed by atoms with E-state index in [1.165, 1.54) is 6.33 Å². The van der Waals surface area contributed by atoms with Crippen LogP contribution >= 0.6 is 0 Å². The highest BCUT2D eigenvalue weighted by Crippen LogP contribution is 2.17. The van der Waals surface area contributed by atoms with E-state index in [0.717, 1.165) is 0 Å². The molecule has 1 aromatic heterocycles. The summed E-state index contributed by atoms with van der Waals surface area (Å²) < 4.78 is 2.34. The lowest BCUT2D eigenvalue weighted by Crippen LogP contribution is -2.34. The molecule has 0 aliphatic heterocycles. The fraction of sp³-hybridized carbons (Fsp3) is 0.750. The van der Waals surface area contributed by atoms with Crippen molar-refractivity contribution in [3.63, 3.8) is 0 Å². The second-order valence-electron chi connectivity index (χ2n) is 4.33. The second kappa shape index (κ2) is 8.63. The summed E-state index contributed by atoms with van der Waals surface area (Å²) in [6, 6.07) is 0. The largest absolute Gasteiger partial charge is 0.390 e. The van der Waals surface area contributed by atoms with Crippen LogP contribution in [0.15, 0.2) is 6.33 Å². The van der Waals surface area contributed by atoms with Crippen molar-refractivity contribution in [3.05, 3.63) is 22.1 Å². The Morgan fingerprint density at radius 3 is 2.06 bits per heavy atom. The van der Waals surface area contributed by atoms with E-state index < -0.39 is 4.92 Å². The van der Waals surface area contributed by atoms with Crippen LogP contribution in [0.25, 0.3) is 0 Å². The third-order valence-electron chi connectivity index (χ3n) is 1.83. The van der Waals surface area contributed by atoms with Gasteiger partial charge in [0.15, 0.2) is 5.69 Å². The molecule has 106 valence electrons. The molecule has 18 heavy (non-hydrogen) atoms. The molecular formula is C12H27N4O2+. The van der Waals surface area contributed by atoms with Crippen LogP contribution in [-0.2, 0) is 13.6 Å². The topological polar surface area (TPSA) is 61.0 Å². The number of hydrogen-bond donors (Lipinski definition) is 0. The number of hydrogen-bond acceptors (Lipinski definition) is 3. The van der Waals surface area contributed by atoms with Crippen LogP contribution in [0.4, 0.5) is 5.82 Å². The Bertz CT molecular complexity index is 353. The summed E-state index contributed by atoms with van der Waals surface area (Å²) in [5.74, 6) is -0.0412. The number of aryl methyl sites for hydroxylation is 1. The van der Waals surface area contributed by atoms with Crippen molar-refractivity contribution in [3.8, 4) is 0 Å². The van der Waals surface area contributed by atoms with Gasteiger partial charge in [-0.25, -0.2) is 0 Å². The Balaban J connectivity index is 0. The van der Waals surface area contributed by atoms with E-state index in [-0.39, 0.29) is 5.82 Å². The Morgan fingerprint density at radius 1 is 1.28 bits per heavy atom. The van der Waals surface area contributed by atoms with Gasteiger partial charge >= 0.3 is 5.82 Å². The Labute approximate surface area is 110 Å². The van der Waals surface area contributed by atoms with Crippen LogP contribution in [0.2, 0.25) is 0 Å². The minimum Gasteiger partial charge on any atom is -0.358 e. The van der Waals surface area contributed by atoms with Crippen LogP contribution in [0.5, 0.6) is 0 Å². The van der Waals surface area contributed by atoms with Crippen molar-refractivity contribution in [2.45, 2.75) is 34.2 Å². The first-order valence-corrected chi connectivity index (χ1v) is 6.26. The van der Waals surface area contributed by atoms with Gasteiger partial charge in [-0.05, 0) is 9.91 Å². The molecule has 1 rings (SSSR count). The second-order valence-corrected chi connectivity index (χ2v) is 4.33. The predicted molar refractivity (Wildman–Crippen MR) is 74.3 cm³/mol. The highest BCUT2D eigenvalue weighted by Gasteiger charge is 2.24. The van der Waals surface area contributed by atoms with Gasteiger partial charge in [0.05, 0.1) is 21.1 Å². The number of quaternary nitrogens is 1. The van der Waals surface area contributed by atoms with Gasteiger partial charge < -0.3 is 19.2 Å². The van der Waals surface area contributed by atoms with Crippen molar-refractivity contribution in [2.75, 3.05) is 21.1 Å². The molecule has 0 aliphatic carbocycles. The van der Waals surface area contributed by atoms with E-state index >= 15 is 0 Å². The molecule has 0 amide bonds. The van der Waals surface area contributed by atoms with Crippen LogP contribution in [0, 0.1) is 10.1 Å². The molecule has 0 unspecified atom stereocenters. The van der Waals surface area contributed by atoms with Gasteiger partial charge in [0.2, 0.25) is 6.33 Å². The summed E-state index contributed by atoms with van der Waals surface area (Å²) in [7, 11) is 7.72. The van der Waals surface area contributed by atoms with Crippen LogP contribution in [0.3, 0.4) is 0 Å². The van der Waals surface area contributed by atoms with E-state index in [1.807, 2.05) is 48.8 Å². The molecular weight excluding hydrogens is 232 g/mol. The van der Waals surface area contributed by atoms with Crippen LogP contribution < -0.4 is 0 Å². The molecule has 0 saturated heterocycles. The third-order valence-corrected chi connectivity index (χ3v) is 1.83. The first kappa shape index (κ1) is 18.9. The van der Waals surface area contributed by atoms with Crippen LogP contribution in [0.1, 0.15) is 33.4 Å². The molecule has 0 aromatic carbocycles. The third kappa shape index (κ3) is 6.34. The Hall–Kier alpha value is -1.43. The lowest BCUT2D eigenvalue weighted by Gasteiger charge is -2.23. The molecule has 0 fully saturated rings. The summed E-state index contributed by atoms with van der Waals surface area (Å²) in [5, 5.41) is 10.6. The highest BCUT2D eigenvalue weighted by molar-refractivity contribution is 5.25. The zero-order chi connectivity index (χ0) is 14.9. The average molecular weight is 259 g/mol. The number of imidazole rings is 1. The Kier molecular flexibility index (Phi) is 9.07. The van der Waals surface area contributed by atoms with Crippen molar-refractivity contribution < 1.29 is 9.41 Å². The molecule has 0 radical (unpaired) electrons. The molecule has 0 atom stereocenters. The van der Waals surface area contributed by atoms with E-state index in [2.05, 4.69) is 4.98 Å². The fourth-order valence-electron chi connectivity index (χ4n) is 1.23. The number of nitrogens with zero attached hydrogens (tertiary/aromatic N) is 4. The molecule has 6 nitrogen and oxygen atoms in total. The molecule has 0 N–H and O–H groups in total. The van der Waals surface area contributed by atoms with E-state index in [4.69, 9.17) is 0 Å². The lowest BCUT2D eigenvalue weighted by atomic mass is 10.3. The van der Waals surface area contributed by atoms with Crippen molar-refractivity contribution in [1.82, 2.24) is 9.55 Å². The molecule has 6 heteroatoms. The van der Waals surface area contributed by atoms with Gasteiger partial charge in [-0.2, -0.15) is 0 Å². The summed E-state index contributed by atoms with van der Waals surface area (Å²) in [6.07, 6.45) is 1.48. The molecule has 1 aromatic rings. The summed E-state index contributed by atoms with van der Waals surface area (Å²) >= 11 is 0. The minimum atomic E-state index is -0.439. The molecule has 0 saturated carbocycles. The maximum atomic E-state index is 10.6. The minimum absolute atomic E-state index is 0.0412. The molecule has 0 aliphatic rings. The predicted octanol–water partition coefficient (Wildman–Crippen LogP) is 2.59. The average Bonchev–Trinajstić information content (AvgIpc) is 2.64. The van der Waals surface area contributed by atoms with Crippen LogP contribution in [-0.4, -0.2) is 40.1 Å². The van der Waals surface area contributed by atoms with Gasteiger partial charge in [0.1, 0.15) is 6.54 Å². The van der Waals surface area contributed by atoms with Crippen molar-refractivity contribution in [1.29, 1.82) is 0 Å². The van der Waals surface area contributed by atoms with Gasteiger partial charge in [-0.1, -0.05) is 27.7 Å². The lowest BCUT2D eigenvalue weighted by molar-refractivity contribution is -0.884. The Morgan fingerprint density at radius 2 is 1.72 bits per heavy atom. The number of nitro groups is 1. The summed E-state index contributed by atoms with van der Waals surface area (Å²) in [6.45, 7) is 8.59. The zero-order valence-corrected chi connectivity index (χ0v) is 12.9. The standard InChI is InChI=1S/C8H15N4O2.2C2H6/c1-10-6-9-8(11(13)14)7(10)5-12(2,3)4;2*1-2/h6H,5H2,1-4H3;2*1-2H3/q+1;;. The van der Waals surface area contributed by atoms with Gasteiger partial charge in [-0.3, -0.25) is 0 Å². The maximum Gasteiger partial charge on any atom is 0.390 e. The summed E-state index contributed by atoms with van der Waals surface area (Å²) in [4.78, 5) is 14.0. The van der Waals surface area contributed by atoms with Gasteiger partial charge in [0, 0.05) is 7.05 Å².